The molecule has 5 heteroatoms. The van der Waals surface area contributed by atoms with Crippen molar-refractivity contribution in [2.75, 3.05) is 26.7 Å². The summed E-state index contributed by atoms with van der Waals surface area (Å²) in [7, 11) is 1.82. The highest BCUT2D eigenvalue weighted by molar-refractivity contribution is 6.30. The largest absolute Gasteiger partial charge is 0.356 e. The highest BCUT2D eigenvalue weighted by atomic mass is 35.5. The standard InChI is InChI=1S/C17H25ClN4/c1-19-17(20-10-13-3-2-4-15(18)9-13)21-11-14-7-8-22(12-14)16-5-6-16/h2-4,9,14,16H,5-8,10-12H2,1H3,(H2,19,20,21). The van der Waals surface area contributed by atoms with E-state index in [0.29, 0.717) is 0 Å². The van der Waals surface area contributed by atoms with Crippen LogP contribution in [0.5, 0.6) is 0 Å². The molecule has 1 saturated carbocycles. The van der Waals surface area contributed by atoms with Crippen LogP contribution in [-0.4, -0.2) is 43.6 Å². The van der Waals surface area contributed by atoms with Gasteiger partial charge in [-0.25, -0.2) is 0 Å². The van der Waals surface area contributed by atoms with Gasteiger partial charge < -0.3 is 15.5 Å². The molecule has 1 aliphatic heterocycles. The summed E-state index contributed by atoms with van der Waals surface area (Å²) in [6.07, 6.45) is 4.11. The average molecular weight is 321 g/mol. The molecule has 0 aromatic heterocycles. The summed E-state index contributed by atoms with van der Waals surface area (Å²) in [4.78, 5) is 6.95. The van der Waals surface area contributed by atoms with E-state index >= 15 is 0 Å². The number of hydrogen-bond acceptors (Lipinski definition) is 2. The number of guanidine groups is 1. The first-order chi connectivity index (χ1) is 10.7. The zero-order chi connectivity index (χ0) is 15.4. The predicted molar refractivity (Wildman–Crippen MR) is 92.4 cm³/mol. The predicted octanol–water partition coefficient (Wildman–Crippen LogP) is 2.49. The Morgan fingerprint density at radius 2 is 2.18 bits per heavy atom. The molecule has 1 aliphatic carbocycles. The van der Waals surface area contributed by atoms with E-state index in [1.165, 1.54) is 32.4 Å². The van der Waals surface area contributed by atoms with Crippen LogP contribution >= 0.6 is 11.6 Å². The van der Waals surface area contributed by atoms with E-state index in [-0.39, 0.29) is 0 Å². The zero-order valence-electron chi connectivity index (χ0n) is 13.2. The van der Waals surface area contributed by atoms with Crippen LogP contribution in [0.4, 0.5) is 0 Å². The van der Waals surface area contributed by atoms with Gasteiger partial charge in [0.15, 0.2) is 5.96 Å². The Balaban J connectivity index is 1.40. The number of aliphatic imine (C=N–C) groups is 1. The molecule has 2 N–H and O–H groups in total. The molecule has 4 nitrogen and oxygen atoms in total. The Morgan fingerprint density at radius 1 is 1.32 bits per heavy atom. The van der Waals surface area contributed by atoms with Crippen LogP contribution < -0.4 is 10.6 Å². The Morgan fingerprint density at radius 3 is 2.91 bits per heavy atom. The third kappa shape index (κ3) is 4.37. The van der Waals surface area contributed by atoms with Gasteiger partial charge in [-0.05, 0) is 49.4 Å². The lowest BCUT2D eigenvalue weighted by Crippen LogP contribution is -2.40. The van der Waals surface area contributed by atoms with Crippen molar-refractivity contribution < 1.29 is 0 Å². The minimum atomic E-state index is 0.735. The number of nitrogens with one attached hydrogen (secondary N) is 2. The highest BCUT2D eigenvalue weighted by Crippen LogP contribution is 2.31. The van der Waals surface area contributed by atoms with Crippen molar-refractivity contribution in [2.24, 2.45) is 10.9 Å². The summed E-state index contributed by atoms with van der Waals surface area (Å²) < 4.78 is 0. The molecule has 0 radical (unpaired) electrons. The second kappa shape index (κ2) is 7.34. The van der Waals surface area contributed by atoms with Gasteiger partial charge >= 0.3 is 0 Å². The van der Waals surface area contributed by atoms with Crippen molar-refractivity contribution >= 4 is 17.6 Å². The Labute approximate surface area is 137 Å². The molecule has 0 amide bonds. The molecule has 120 valence electrons. The monoisotopic (exact) mass is 320 g/mol. The maximum atomic E-state index is 6.01. The van der Waals surface area contributed by atoms with Gasteiger partial charge in [0.25, 0.3) is 0 Å². The van der Waals surface area contributed by atoms with E-state index in [0.717, 1.165) is 41.6 Å². The molecule has 1 saturated heterocycles. The first-order valence-corrected chi connectivity index (χ1v) is 8.55. The maximum absolute atomic E-state index is 6.01. The average Bonchev–Trinajstić information content (AvgIpc) is 3.27. The summed E-state index contributed by atoms with van der Waals surface area (Å²) in [6, 6.07) is 8.80. The molecule has 1 heterocycles. The number of likely N-dealkylation sites (tertiary alicyclic amines) is 1. The highest BCUT2D eigenvalue weighted by Gasteiger charge is 2.34. The van der Waals surface area contributed by atoms with Crippen molar-refractivity contribution in [3.63, 3.8) is 0 Å². The van der Waals surface area contributed by atoms with Gasteiger partial charge in [-0.3, -0.25) is 4.99 Å². The number of benzene rings is 1. The fourth-order valence-corrected chi connectivity index (χ4v) is 3.31. The minimum Gasteiger partial charge on any atom is -0.356 e. The van der Waals surface area contributed by atoms with Crippen molar-refractivity contribution in [2.45, 2.75) is 31.8 Å². The fraction of sp³-hybridized carbons (Fsp3) is 0.588. The van der Waals surface area contributed by atoms with Gasteiger partial charge in [0.2, 0.25) is 0 Å². The Kier molecular flexibility index (Phi) is 5.21. The van der Waals surface area contributed by atoms with Crippen LogP contribution in [0.25, 0.3) is 0 Å². The van der Waals surface area contributed by atoms with Crippen LogP contribution in [0.15, 0.2) is 29.3 Å². The van der Waals surface area contributed by atoms with Crippen LogP contribution in [0.3, 0.4) is 0 Å². The smallest absolute Gasteiger partial charge is 0.191 e. The van der Waals surface area contributed by atoms with Gasteiger partial charge in [0, 0.05) is 37.7 Å². The van der Waals surface area contributed by atoms with Crippen molar-refractivity contribution in [1.82, 2.24) is 15.5 Å². The lowest BCUT2D eigenvalue weighted by Gasteiger charge is -2.17. The molecule has 22 heavy (non-hydrogen) atoms. The fourth-order valence-electron chi connectivity index (χ4n) is 3.09. The molecule has 0 spiro atoms. The van der Waals surface area contributed by atoms with E-state index in [1.807, 2.05) is 25.2 Å². The van der Waals surface area contributed by atoms with Crippen molar-refractivity contribution in [1.29, 1.82) is 0 Å². The SMILES string of the molecule is CN=C(NCc1cccc(Cl)c1)NCC1CCN(C2CC2)C1. The molecule has 2 fully saturated rings. The van der Waals surface area contributed by atoms with E-state index in [2.05, 4.69) is 26.6 Å². The molecular weight excluding hydrogens is 296 g/mol. The van der Waals surface area contributed by atoms with Gasteiger partial charge in [-0.1, -0.05) is 23.7 Å². The van der Waals surface area contributed by atoms with E-state index in [1.54, 1.807) is 0 Å². The first-order valence-electron chi connectivity index (χ1n) is 8.17. The van der Waals surface area contributed by atoms with E-state index in [4.69, 9.17) is 11.6 Å². The normalized spacial score (nSPS) is 22.8. The van der Waals surface area contributed by atoms with E-state index in [9.17, 15) is 0 Å². The molecule has 1 unspecified atom stereocenters. The topological polar surface area (TPSA) is 39.7 Å². The second-order valence-electron chi connectivity index (χ2n) is 6.32. The molecular formula is C17H25ClN4. The molecule has 1 aromatic rings. The van der Waals surface area contributed by atoms with Gasteiger partial charge in [-0.15, -0.1) is 0 Å². The Bertz CT molecular complexity index is 527. The van der Waals surface area contributed by atoms with Gasteiger partial charge in [-0.2, -0.15) is 0 Å². The minimum absolute atomic E-state index is 0.735. The van der Waals surface area contributed by atoms with Crippen LogP contribution in [0.2, 0.25) is 5.02 Å². The maximum Gasteiger partial charge on any atom is 0.191 e. The summed E-state index contributed by atoms with van der Waals surface area (Å²) in [5, 5.41) is 7.58. The van der Waals surface area contributed by atoms with Crippen LogP contribution in [0.1, 0.15) is 24.8 Å². The molecule has 1 atom stereocenters. The lowest BCUT2D eigenvalue weighted by atomic mass is 10.1. The summed E-state index contributed by atoms with van der Waals surface area (Å²) in [5.74, 6) is 1.61. The number of hydrogen-bond donors (Lipinski definition) is 2. The second-order valence-corrected chi connectivity index (χ2v) is 6.75. The molecule has 2 aliphatic rings. The molecule has 1 aromatic carbocycles. The third-order valence-corrected chi connectivity index (χ3v) is 4.75. The van der Waals surface area contributed by atoms with E-state index < -0.39 is 0 Å². The molecule has 3 rings (SSSR count). The number of nitrogens with zero attached hydrogens (tertiary/aromatic N) is 2. The third-order valence-electron chi connectivity index (χ3n) is 4.51. The van der Waals surface area contributed by atoms with Crippen LogP contribution in [-0.2, 0) is 6.54 Å². The van der Waals surface area contributed by atoms with Crippen molar-refractivity contribution in [3.8, 4) is 0 Å². The first kappa shape index (κ1) is 15.6. The van der Waals surface area contributed by atoms with Gasteiger partial charge in [0.1, 0.15) is 0 Å². The quantitative estimate of drug-likeness (QED) is 0.647. The number of rotatable bonds is 5. The Hall–Kier alpha value is -1.26. The summed E-state index contributed by atoms with van der Waals surface area (Å²) in [5.41, 5.74) is 1.16. The van der Waals surface area contributed by atoms with Crippen molar-refractivity contribution in [3.05, 3.63) is 34.9 Å². The van der Waals surface area contributed by atoms with Crippen LogP contribution in [0, 0.1) is 5.92 Å². The zero-order valence-corrected chi connectivity index (χ0v) is 13.9. The molecule has 0 bridgehead atoms. The van der Waals surface area contributed by atoms with Gasteiger partial charge in [0.05, 0.1) is 0 Å². The summed E-state index contributed by atoms with van der Waals surface area (Å²) >= 11 is 6.01. The number of halogens is 1. The lowest BCUT2D eigenvalue weighted by molar-refractivity contribution is 0.314. The summed E-state index contributed by atoms with van der Waals surface area (Å²) in [6.45, 7) is 4.24.